The second-order valence-corrected chi connectivity index (χ2v) is 6.97. The van der Waals surface area contributed by atoms with Crippen molar-refractivity contribution in [3.63, 3.8) is 0 Å². The smallest absolute Gasteiger partial charge is 0.223 e. The molecule has 24 heavy (non-hydrogen) atoms. The van der Waals surface area contributed by atoms with Crippen LogP contribution in [0.3, 0.4) is 0 Å². The van der Waals surface area contributed by atoms with Gasteiger partial charge in [0.2, 0.25) is 5.91 Å². The van der Waals surface area contributed by atoms with Crippen molar-refractivity contribution in [2.75, 3.05) is 45.9 Å². The summed E-state index contributed by atoms with van der Waals surface area (Å²) in [6.07, 6.45) is 3.15. The van der Waals surface area contributed by atoms with Crippen LogP contribution in [0, 0.1) is 5.92 Å². The maximum atomic E-state index is 11.9. The Morgan fingerprint density at radius 1 is 1.12 bits per heavy atom. The van der Waals surface area contributed by atoms with Crippen LogP contribution in [0.2, 0.25) is 0 Å². The maximum Gasteiger partial charge on any atom is 0.223 e. The van der Waals surface area contributed by atoms with Gasteiger partial charge in [0.25, 0.3) is 0 Å². The minimum Gasteiger partial charge on any atom is -0.381 e. The molecule has 0 radical (unpaired) electrons. The molecule has 0 bridgehead atoms. The van der Waals surface area contributed by atoms with E-state index in [9.17, 15) is 4.79 Å². The largest absolute Gasteiger partial charge is 0.381 e. The van der Waals surface area contributed by atoms with Gasteiger partial charge >= 0.3 is 0 Å². The van der Waals surface area contributed by atoms with E-state index in [4.69, 9.17) is 10.5 Å². The average Bonchev–Trinajstić information content (AvgIpc) is 2.85. The normalized spacial score (nSPS) is 24.6. The highest BCUT2D eigenvalue weighted by Gasteiger charge is 2.30. The number of primary amides is 1. The third-order valence-electron chi connectivity index (χ3n) is 5.31. The van der Waals surface area contributed by atoms with Gasteiger partial charge in [0, 0.05) is 52.0 Å². The van der Waals surface area contributed by atoms with Crippen LogP contribution in [0.1, 0.15) is 18.4 Å². The quantitative estimate of drug-likeness (QED) is 0.879. The van der Waals surface area contributed by atoms with Gasteiger partial charge in [0.05, 0.1) is 5.92 Å². The van der Waals surface area contributed by atoms with E-state index in [1.807, 2.05) is 6.07 Å². The molecule has 1 amide bonds. The Morgan fingerprint density at radius 2 is 1.88 bits per heavy atom. The Labute approximate surface area is 144 Å². The zero-order valence-corrected chi connectivity index (χ0v) is 14.4. The first kappa shape index (κ1) is 17.4. The lowest BCUT2D eigenvalue weighted by atomic mass is 10.0. The predicted octanol–water partition coefficient (Wildman–Crippen LogP) is 1.13. The molecule has 3 rings (SSSR count). The van der Waals surface area contributed by atoms with Gasteiger partial charge in [-0.3, -0.25) is 9.69 Å². The first-order chi connectivity index (χ1) is 11.7. The van der Waals surface area contributed by atoms with Crippen LogP contribution >= 0.6 is 0 Å². The molecule has 2 fully saturated rings. The lowest BCUT2D eigenvalue weighted by Crippen LogP contribution is -2.44. The fourth-order valence-electron chi connectivity index (χ4n) is 3.80. The Bertz CT molecular complexity index is 517. The van der Waals surface area contributed by atoms with E-state index in [0.717, 1.165) is 65.2 Å². The lowest BCUT2D eigenvalue weighted by molar-refractivity contribution is -0.122. The van der Waals surface area contributed by atoms with Gasteiger partial charge in [-0.2, -0.15) is 0 Å². The van der Waals surface area contributed by atoms with Crippen LogP contribution in [0.25, 0.3) is 0 Å². The first-order valence-electron chi connectivity index (χ1n) is 9.10. The SMILES string of the molecule is NC(=O)[C@H]1CN(CCc2ccccc2)CCN(C2CCOCC2)C1. The van der Waals surface area contributed by atoms with Crippen LogP contribution in [0.4, 0.5) is 0 Å². The van der Waals surface area contributed by atoms with Crippen molar-refractivity contribution in [3.05, 3.63) is 35.9 Å². The number of ether oxygens (including phenoxy) is 1. The van der Waals surface area contributed by atoms with Crippen molar-refractivity contribution in [1.29, 1.82) is 0 Å². The molecule has 0 aromatic heterocycles. The van der Waals surface area contributed by atoms with E-state index in [0.29, 0.717) is 6.04 Å². The van der Waals surface area contributed by atoms with E-state index in [1.165, 1.54) is 5.56 Å². The molecule has 0 aliphatic carbocycles. The molecule has 5 nitrogen and oxygen atoms in total. The number of hydrogen-bond donors (Lipinski definition) is 1. The number of nitrogens with zero attached hydrogens (tertiary/aromatic N) is 2. The number of carbonyl (C=O) groups excluding carboxylic acids is 1. The van der Waals surface area contributed by atoms with Gasteiger partial charge in [0.15, 0.2) is 0 Å². The molecule has 0 spiro atoms. The predicted molar refractivity (Wildman–Crippen MR) is 94.7 cm³/mol. The zero-order valence-electron chi connectivity index (χ0n) is 14.4. The zero-order chi connectivity index (χ0) is 16.8. The topological polar surface area (TPSA) is 58.8 Å². The van der Waals surface area contributed by atoms with Gasteiger partial charge < -0.3 is 15.4 Å². The Kier molecular flexibility index (Phi) is 6.24. The van der Waals surface area contributed by atoms with E-state index < -0.39 is 0 Å². The molecule has 5 heteroatoms. The highest BCUT2D eigenvalue weighted by atomic mass is 16.5. The third kappa shape index (κ3) is 4.79. The van der Waals surface area contributed by atoms with Crippen molar-refractivity contribution < 1.29 is 9.53 Å². The van der Waals surface area contributed by atoms with Crippen LogP contribution in [0.15, 0.2) is 30.3 Å². The summed E-state index contributed by atoms with van der Waals surface area (Å²) in [4.78, 5) is 16.8. The Balaban J connectivity index is 1.59. The number of hydrogen-bond acceptors (Lipinski definition) is 4. The number of amides is 1. The maximum absolute atomic E-state index is 11.9. The van der Waals surface area contributed by atoms with Crippen LogP contribution < -0.4 is 5.73 Å². The summed E-state index contributed by atoms with van der Waals surface area (Å²) < 4.78 is 5.48. The fraction of sp³-hybridized carbons (Fsp3) is 0.632. The van der Waals surface area contributed by atoms with E-state index in [1.54, 1.807) is 0 Å². The number of benzene rings is 1. The summed E-state index contributed by atoms with van der Waals surface area (Å²) in [5, 5.41) is 0. The van der Waals surface area contributed by atoms with Crippen molar-refractivity contribution >= 4 is 5.91 Å². The number of carbonyl (C=O) groups is 1. The second kappa shape index (κ2) is 8.60. The minimum atomic E-state index is -0.168. The summed E-state index contributed by atoms with van der Waals surface area (Å²) in [5.41, 5.74) is 7.03. The van der Waals surface area contributed by atoms with Gasteiger partial charge in [-0.15, -0.1) is 0 Å². The highest BCUT2D eigenvalue weighted by Crippen LogP contribution is 2.19. The van der Waals surface area contributed by atoms with Crippen molar-refractivity contribution in [1.82, 2.24) is 9.80 Å². The molecule has 1 atom stereocenters. The average molecular weight is 331 g/mol. The molecule has 2 aliphatic rings. The van der Waals surface area contributed by atoms with Gasteiger partial charge in [-0.25, -0.2) is 0 Å². The highest BCUT2D eigenvalue weighted by molar-refractivity contribution is 5.77. The summed E-state index contributed by atoms with van der Waals surface area (Å²) in [5.74, 6) is -0.246. The molecule has 2 saturated heterocycles. The number of nitrogens with two attached hydrogens (primary N) is 1. The summed E-state index contributed by atoms with van der Waals surface area (Å²) in [6.45, 7) is 6.25. The standard InChI is InChI=1S/C19H29N3O2/c20-19(23)17-14-21(9-6-16-4-2-1-3-5-16)10-11-22(15-17)18-7-12-24-13-8-18/h1-5,17-18H,6-15H2,(H2,20,23)/t17-/m0/s1. The van der Waals surface area contributed by atoms with Crippen molar-refractivity contribution in [2.24, 2.45) is 11.7 Å². The third-order valence-corrected chi connectivity index (χ3v) is 5.31. The molecular formula is C19H29N3O2. The summed E-state index contributed by atoms with van der Waals surface area (Å²) in [7, 11) is 0. The van der Waals surface area contributed by atoms with E-state index in [2.05, 4.69) is 34.1 Å². The van der Waals surface area contributed by atoms with Crippen molar-refractivity contribution in [3.8, 4) is 0 Å². The fourth-order valence-corrected chi connectivity index (χ4v) is 3.80. The molecule has 132 valence electrons. The van der Waals surface area contributed by atoms with Crippen LogP contribution in [-0.2, 0) is 16.0 Å². The minimum absolute atomic E-state index is 0.0777. The Hall–Kier alpha value is -1.43. The molecule has 1 aromatic rings. The van der Waals surface area contributed by atoms with E-state index >= 15 is 0 Å². The monoisotopic (exact) mass is 331 g/mol. The lowest BCUT2D eigenvalue weighted by Gasteiger charge is -2.34. The summed E-state index contributed by atoms with van der Waals surface area (Å²) >= 11 is 0. The molecule has 2 aliphatic heterocycles. The molecule has 0 unspecified atom stereocenters. The van der Waals surface area contributed by atoms with Crippen molar-refractivity contribution in [2.45, 2.75) is 25.3 Å². The number of rotatable bonds is 5. The van der Waals surface area contributed by atoms with Crippen LogP contribution in [0.5, 0.6) is 0 Å². The first-order valence-corrected chi connectivity index (χ1v) is 9.10. The molecule has 2 heterocycles. The second-order valence-electron chi connectivity index (χ2n) is 6.97. The van der Waals surface area contributed by atoms with Crippen LogP contribution in [-0.4, -0.2) is 67.7 Å². The van der Waals surface area contributed by atoms with Gasteiger partial charge in [-0.1, -0.05) is 30.3 Å². The Morgan fingerprint density at radius 3 is 2.58 bits per heavy atom. The molecule has 2 N–H and O–H groups in total. The molecular weight excluding hydrogens is 302 g/mol. The molecule has 0 saturated carbocycles. The molecule has 1 aromatic carbocycles. The van der Waals surface area contributed by atoms with Gasteiger partial charge in [0.1, 0.15) is 0 Å². The van der Waals surface area contributed by atoms with Gasteiger partial charge in [-0.05, 0) is 24.8 Å². The van der Waals surface area contributed by atoms with E-state index in [-0.39, 0.29) is 11.8 Å². The summed E-state index contributed by atoms with van der Waals surface area (Å²) in [6, 6.07) is 11.1.